The predicted octanol–water partition coefficient (Wildman–Crippen LogP) is 2.77. The second kappa shape index (κ2) is 6.23. The van der Waals surface area contributed by atoms with Crippen molar-refractivity contribution in [3.63, 3.8) is 0 Å². The van der Waals surface area contributed by atoms with E-state index >= 15 is 0 Å². The Labute approximate surface area is 134 Å². The molecule has 2 rings (SSSR count). The number of nitrogens with one attached hydrogen (secondary N) is 1. The largest absolute Gasteiger partial charge is 0.481 e. The number of urea groups is 1. The number of carboxylic acids is 1. The van der Waals surface area contributed by atoms with Crippen LogP contribution in [0.4, 0.5) is 23.8 Å². The van der Waals surface area contributed by atoms with Crippen molar-refractivity contribution in [2.45, 2.75) is 13.1 Å². The number of carbonyl (C=O) groups excluding carboxylic acids is 1. The van der Waals surface area contributed by atoms with Crippen LogP contribution in [0, 0.1) is 18.8 Å². The van der Waals surface area contributed by atoms with Crippen LogP contribution in [0.2, 0.25) is 5.02 Å². The smallest absolute Gasteiger partial charge is 0.394 e. The molecular weight excluding hydrogens is 339 g/mol. The number of nitrogens with zero attached hydrogens (tertiary/aromatic N) is 2. The zero-order valence-electron chi connectivity index (χ0n) is 11.9. The lowest BCUT2D eigenvalue weighted by atomic mass is 9.96. The van der Waals surface area contributed by atoms with Crippen LogP contribution in [-0.2, 0) is 4.79 Å². The highest BCUT2D eigenvalue weighted by molar-refractivity contribution is 6.30. The van der Waals surface area contributed by atoms with Crippen LogP contribution in [-0.4, -0.2) is 46.3 Å². The van der Waals surface area contributed by atoms with Gasteiger partial charge in [0.1, 0.15) is 5.82 Å². The van der Waals surface area contributed by atoms with E-state index in [1.165, 1.54) is 12.3 Å². The van der Waals surface area contributed by atoms with Crippen molar-refractivity contribution < 1.29 is 27.9 Å². The molecule has 0 bridgehead atoms. The van der Waals surface area contributed by atoms with Gasteiger partial charge in [-0.3, -0.25) is 10.1 Å². The fraction of sp³-hybridized carbons (Fsp3) is 0.462. The van der Waals surface area contributed by atoms with E-state index in [-0.39, 0.29) is 5.82 Å². The quantitative estimate of drug-likeness (QED) is 0.858. The highest BCUT2D eigenvalue weighted by Gasteiger charge is 2.53. The van der Waals surface area contributed by atoms with Gasteiger partial charge in [-0.05, 0) is 18.6 Å². The van der Waals surface area contributed by atoms with Gasteiger partial charge >= 0.3 is 18.2 Å². The van der Waals surface area contributed by atoms with E-state index in [4.69, 9.17) is 16.7 Å². The SMILES string of the molecule is Cc1cc(Cl)cnc1NC(=O)N1C[C@@H](C(F)(F)F)[C@H](C(=O)O)C1. The van der Waals surface area contributed by atoms with Crippen molar-refractivity contribution in [3.05, 3.63) is 22.8 Å². The van der Waals surface area contributed by atoms with Gasteiger partial charge in [0.2, 0.25) is 0 Å². The molecule has 1 aliphatic rings. The average Bonchev–Trinajstić information content (AvgIpc) is 2.87. The molecule has 0 unspecified atom stereocenters. The second-order valence-electron chi connectivity index (χ2n) is 5.25. The summed E-state index contributed by atoms with van der Waals surface area (Å²) in [5.41, 5.74) is 0.534. The third-order valence-corrected chi connectivity index (χ3v) is 3.82. The standard InChI is InChI=1S/C13H13ClF3N3O3/c1-6-2-7(14)3-18-10(6)19-12(23)20-4-8(11(21)22)9(5-20)13(15,16)17/h2-3,8-9H,4-5H2,1H3,(H,21,22)(H,18,19,23)/t8-,9-/m1/s1. The molecule has 1 aromatic heterocycles. The number of carbonyl (C=O) groups is 2. The highest BCUT2D eigenvalue weighted by atomic mass is 35.5. The molecule has 0 aliphatic carbocycles. The Balaban J connectivity index is 2.13. The minimum atomic E-state index is -4.69. The van der Waals surface area contributed by atoms with Crippen LogP contribution in [0.1, 0.15) is 5.56 Å². The number of likely N-dealkylation sites (tertiary alicyclic amines) is 1. The first-order chi connectivity index (χ1) is 10.6. The van der Waals surface area contributed by atoms with Gasteiger partial charge < -0.3 is 10.0 Å². The monoisotopic (exact) mass is 351 g/mol. The number of amides is 2. The Morgan fingerprint density at radius 3 is 2.57 bits per heavy atom. The van der Waals surface area contributed by atoms with Gasteiger partial charge in [-0.25, -0.2) is 9.78 Å². The summed E-state index contributed by atoms with van der Waals surface area (Å²) in [6.45, 7) is 0.397. The van der Waals surface area contributed by atoms with Gasteiger partial charge in [0.05, 0.1) is 16.9 Å². The highest BCUT2D eigenvalue weighted by Crippen LogP contribution is 2.37. The van der Waals surface area contributed by atoms with Gasteiger partial charge in [-0.1, -0.05) is 11.6 Å². The minimum absolute atomic E-state index is 0.154. The van der Waals surface area contributed by atoms with Crippen LogP contribution in [0.25, 0.3) is 0 Å². The number of hydrogen-bond donors (Lipinski definition) is 2. The Bertz CT molecular complexity index is 639. The van der Waals surface area contributed by atoms with Crippen LogP contribution in [0.5, 0.6) is 0 Å². The fourth-order valence-electron chi connectivity index (χ4n) is 2.40. The Morgan fingerprint density at radius 1 is 1.43 bits per heavy atom. The lowest BCUT2D eigenvalue weighted by Gasteiger charge is -2.19. The Hall–Kier alpha value is -2.03. The number of aliphatic carboxylic acids is 1. The molecule has 2 atom stereocenters. The Kier molecular flexibility index (Phi) is 4.69. The van der Waals surface area contributed by atoms with E-state index in [1.807, 2.05) is 0 Å². The summed E-state index contributed by atoms with van der Waals surface area (Å²) in [5.74, 6) is -5.20. The molecule has 6 nitrogen and oxygen atoms in total. The van der Waals surface area contributed by atoms with Crippen molar-refractivity contribution in [2.75, 3.05) is 18.4 Å². The summed E-state index contributed by atoms with van der Waals surface area (Å²) < 4.78 is 38.7. The maximum absolute atomic E-state index is 12.9. The number of halogens is 4. The first-order valence-electron chi connectivity index (χ1n) is 6.57. The van der Waals surface area contributed by atoms with E-state index in [0.717, 1.165) is 4.90 Å². The molecule has 0 aromatic carbocycles. The molecule has 23 heavy (non-hydrogen) atoms. The zero-order valence-corrected chi connectivity index (χ0v) is 12.6. The normalized spacial score (nSPS) is 21.3. The van der Waals surface area contributed by atoms with E-state index in [9.17, 15) is 22.8 Å². The molecule has 2 N–H and O–H groups in total. The van der Waals surface area contributed by atoms with Crippen LogP contribution in [0.15, 0.2) is 12.3 Å². The summed E-state index contributed by atoms with van der Waals surface area (Å²) in [6.07, 6.45) is -3.40. The number of carboxylic acid groups (broad SMARTS) is 1. The van der Waals surface area contributed by atoms with E-state index in [2.05, 4.69) is 10.3 Å². The van der Waals surface area contributed by atoms with Crippen molar-refractivity contribution >= 4 is 29.4 Å². The number of aromatic nitrogens is 1. The fourth-order valence-corrected chi connectivity index (χ4v) is 2.62. The maximum atomic E-state index is 12.9. The summed E-state index contributed by atoms with van der Waals surface area (Å²) in [7, 11) is 0. The molecule has 1 aromatic rings. The van der Waals surface area contributed by atoms with Gasteiger partial charge in [-0.2, -0.15) is 13.2 Å². The number of alkyl halides is 3. The third kappa shape index (κ3) is 3.84. The summed E-state index contributed by atoms with van der Waals surface area (Å²) in [5, 5.41) is 11.6. The number of pyridine rings is 1. The topological polar surface area (TPSA) is 82.5 Å². The summed E-state index contributed by atoms with van der Waals surface area (Å²) in [4.78, 5) is 27.8. The van der Waals surface area contributed by atoms with Crippen LogP contribution in [0.3, 0.4) is 0 Å². The van der Waals surface area contributed by atoms with Gasteiger partial charge in [0.15, 0.2) is 0 Å². The molecule has 1 saturated heterocycles. The maximum Gasteiger partial charge on any atom is 0.394 e. The van der Waals surface area contributed by atoms with Gasteiger partial charge in [0, 0.05) is 19.3 Å². The molecule has 10 heteroatoms. The van der Waals surface area contributed by atoms with Gasteiger partial charge in [0.25, 0.3) is 0 Å². The number of anilines is 1. The second-order valence-corrected chi connectivity index (χ2v) is 5.68. The Morgan fingerprint density at radius 2 is 2.09 bits per heavy atom. The summed E-state index contributed by atoms with van der Waals surface area (Å²) in [6, 6.07) is 0.702. The number of aryl methyl sites for hydroxylation is 1. The van der Waals surface area contributed by atoms with Crippen molar-refractivity contribution in [1.29, 1.82) is 0 Å². The number of rotatable bonds is 2. The lowest BCUT2D eigenvalue weighted by Crippen LogP contribution is -2.35. The van der Waals surface area contributed by atoms with Gasteiger partial charge in [-0.15, -0.1) is 0 Å². The van der Waals surface area contributed by atoms with Crippen molar-refractivity contribution in [3.8, 4) is 0 Å². The van der Waals surface area contributed by atoms with E-state index in [0.29, 0.717) is 10.6 Å². The molecule has 0 saturated carbocycles. The predicted molar refractivity (Wildman–Crippen MR) is 75.2 cm³/mol. The van der Waals surface area contributed by atoms with Crippen molar-refractivity contribution in [1.82, 2.24) is 9.88 Å². The molecule has 2 heterocycles. The molecular formula is C13H13ClF3N3O3. The van der Waals surface area contributed by atoms with Crippen LogP contribution < -0.4 is 5.32 Å². The van der Waals surface area contributed by atoms with E-state index < -0.39 is 43.1 Å². The molecule has 126 valence electrons. The third-order valence-electron chi connectivity index (χ3n) is 3.61. The van der Waals surface area contributed by atoms with Crippen LogP contribution >= 0.6 is 11.6 Å². The number of hydrogen-bond acceptors (Lipinski definition) is 3. The first-order valence-corrected chi connectivity index (χ1v) is 6.95. The molecule has 0 radical (unpaired) electrons. The molecule has 2 amide bonds. The minimum Gasteiger partial charge on any atom is -0.481 e. The summed E-state index contributed by atoms with van der Waals surface area (Å²) >= 11 is 5.73. The molecule has 1 aliphatic heterocycles. The first kappa shape index (κ1) is 17.3. The molecule has 1 fully saturated rings. The zero-order chi connectivity index (χ0) is 17.4. The average molecular weight is 352 g/mol. The molecule has 0 spiro atoms. The lowest BCUT2D eigenvalue weighted by molar-refractivity contribution is -0.187. The van der Waals surface area contributed by atoms with Crippen molar-refractivity contribution in [2.24, 2.45) is 11.8 Å². The van der Waals surface area contributed by atoms with E-state index in [1.54, 1.807) is 6.92 Å².